The van der Waals surface area contributed by atoms with Crippen molar-refractivity contribution in [1.29, 1.82) is 0 Å². The van der Waals surface area contributed by atoms with Gasteiger partial charge in [0, 0.05) is 0 Å². The molecule has 24 heavy (non-hydrogen) atoms. The van der Waals surface area contributed by atoms with Gasteiger partial charge in [-0.05, 0) is 12.8 Å². The van der Waals surface area contributed by atoms with E-state index in [1.54, 1.807) is 0 Å². The van der Waals surface area contributed by atoms with Crippen molar-refractivity contribution in [3.8, 4) is 0 Å². The van der Waals surface area contributed by atoms with Crippen LogP contribution in [0.3, 0.4) is 0 Å². The molecule has 0 unspecified atom stereocenters. The first-order valence-electron chi connectivity index (χ1n) is 6.44. The van der Waals surface area contributed by atoms with E-state index in [9.17, 15) is 43.2 Å². The summed E-state index contributed by atoms with van der Waals surface area (Å²) in [5.74, 6) is 0. The van der Waals surface area contributed by atoms with Crippen LogP contribution in [-0.4, -0.2) is 60.0 Å². The Morgan fingerprint density at radius 2 is 1.12 bits per heavy atom. The zero-order valence-corrected chi connectivity index (χ0v) is 15.1. The standard InChI is InChI=1S/C8H20N.C2F6NO4S2/c1-5-6-7-8-9(2,3)4;3-1(4,5)14(10,11)9-15(12,13)2(6,7)8/h5-8H2,1-4H3;/q+1;-1. The third-order valence-corrected chi connectivity index (χ3v) is 4.95. The first-order valence-corrected chi connectivity index (χ1v) is 9.32. The van der Waals surface area contributed by atoms with Gasteiger partial charge in [-0.1, -0.05) is 13.3 Å². The molecule has 0 aliphatic heterocycles. The Morgan fingerprint density at radius 1 is 0.792 bits per heavy atom. The molecule has 0 aromatic heterocycles. The summed E-state index contributed by atoms with van der Waals surface area (Å²) >= 11 is 0. The van der Waals surface area contributed by atoms with Gasteiger partial charge in [0.2, 0.25) is 0 Å². The van der Waals surface area contributed by atoms with Crippen molar-refractivity contribution in [2.75, 3.05) is 27.7 Å². The fourth-order valence-corrected chi connectivity index (χ4v) is 2.76. The molecule has 0 aliphatic rings. The third-order valence-electron chi connectivity index (χ3n) is 2.21. The summed E-state index contributed by atoms with van der Waals surface area (Å²) < 4.78 is 110. The molecule has 0 aromatic rings. The highest BCUT2D eigenvalue weighted by Crippen LogP contribution is 2.36. The fourth-order valence-electron chi connectivity index (χ4n) is 1.05. The minimum absolute atomic E-state index is 0.778. The second kappa shape index (κ2) is 8.67. The Balaban J connectivity index is 0. The smallest absolute Gasteiger partial charge is 0.421 e. The molecule has 0 saturated carbocycles. The number of quaternary nitrogens is 1. The highest BCUT2D eigenvalue weighted by Gasteiger charge is 2.46. The minimum Gasteiger partial charge on any atom is -0.421 e. The third kappa shape index (κ3) is 10.3. The molecule has 14 heteroatoms. The zero-order chi connectivity index (χ0) is 20.0. The Morgan fingerprint density at radius 3 is 1.33 bits per heavy atom. The number of hydrogen-bond donors (Lipinski definition) is 0. The Labute approximate surface area is 137 Å². The number of sulfonamides is 2. The van der Waals surface area contributed by atoms with Crippen LogP contribution in [0.1, 0.15) is 26.2 Å². The van der Waals surface area contributed by atoms with Crippen molar-refractivity contribution in [2.45, 2.75) is 37.2 Å². The van der Waals surface area contributed by atoms with E-state index in [1.807, 2.05) is 0 Å². The molecular formula is C10H20F6N2O4S2. The molecule has 0 rings (SSSR count). The molecule has 0 spiro atoms. The fraction of sp³-hybridized carbons (Fsp3) is 1.00. The SMILES string of the molecule is CCCCC[N+](C)(C)C.O=S(=O)([N-]S(=O)(=O)C(F)(F)F)C(F)(F)F. The monoisotopic (exact) mass is 410 g/mol. The van der Waals surface area contributed by atoms with Crippen molar-refractivity contribution in [1.82, 2.24) is 0 Å². The molecule has 0 bridgehead atoms. The lowest BCUT2D eigenvalue weighted by molar-refractivity contribution is -0.870. The number of rotatable bonds is 6. The molecule has 0 aromatic carbocycles. The topological polar surface area (TPSA) is 82.4 Å². The maximum Gasteiger partial charge on any atom is 0.480 e. The maximum atomic E-state index is 11.4. The summed E-state index contributed by atoms with van der Waals surface area (Å²) in [6.45, 7) is 3.56. The normalized spacial score (nSPS) is 14.1. The molecular weight excluding hydrogens is 390 g/mol. The van der Waals surface area contributed by atoms with Crippen molar-refractivity contribution in [3.05, 3.63) is 4.13 Å². The molecule has 0 atom stereocenters. The molecule has 0 saturated heterocycles. The Bertz CT molecular complexity index is 534. The summed E-state index contributed by atoms with van der Waals surface area (Å²) in [6, 6.07) is 0. The van der Waals surface area contributed by atoms with Crippen LogP contribution in [0.2, 0.25) is 0 Å². The average molecular weight is 410 g/mol. The molecule has 148 valence electrons. The van der Waals surface area contributed by atoms with Gasteiger partial charge >= 0.3 is 11.0 Å². The summed E-state index contributed by atoms with van der Waals surface area (Å²) in [4.78, 5) is 0. The van der Waals surface area contributed by atoms with E-state index in [2.05, 4.69) is 28.1 Å². The largest absolute Gasteiger partial charge is 0.480 e. The summed E-state index contributed by atoms with van der Waals surface area (Å²) in [5.41, 5.74) is -12.4. The predicted octanol–water partition coefficient (Wildman–Crippen LogP) is 2.94. The van der Waals surface area contributed by atoms with Gasteiger partial charge < -0.3 is 8.61 Å². The zero-order valence-electron chi connectivity index (χ0n) is 13.4. The van der Waals surface area contributed by atoms with Crippen LogP contribution in [0, 0.1) is 0 Å². The molecule has 0 heterocycles. The average Bonchev–Trinajstić information content (AvgIpc) is 2.23. The number of hydrogen-bond acceptors (Lipinski definition) is 4. The number of halogens is 6. The van der Waals surface area contributed by atoms with Gasteiger partial charge in [0.1, 0.15) is 0 Å². The van der Waals surface area contributed by atoms with Crippen LogP contribution in [0.4, 0.5) is 26.3 Å². The molecule has 0 radical (unpaired) electrons. The summed E-state index contributed by atoms with van der Waals surface area (Å²) in [6.07, 6.45) is 4.09. The van der Waals surface area contributed by atoms with Gasteiger partial charge in [0.25, 0.3) is 0 Å². The van der Waals surface area contributed by atoms with Crippen LogP contribution < -0.4 is 0 Å². The minimum atomic E-state index is -6.72. The van der Waals surface area contributed by atoms with E-state index < -0.39 is 31.1 Å². The summed E-state index contributed by atoms with van der Waals surface area (Å²) in [7, 11) is -6.71. The van der Waals surface area contributed by atoms with Crippen molar-refractivity contribution in [3.63, 3.8) is 0 Å². The summed E-state index contributed by atoms with van der Waals surface area (Å²) in [5, 5.41) is 0. The van der Waals surface area contributed by atoms with E-state index in [0.29, 0.717) is 0 Å². The second-order valence-corrected chi connectivity index (χ2v) is 9.06. The number of unbranched alkanes of at least 4 members (excludes halogenated alkanes) is 2. The van der Waals surface area contributed by atoms with Crippen LogP contribution in [-0.2, 0) is 20.0 Å². The number of nitrogens with zero attached hydrogens (tertiary/aromatic N) is 2. The molecule has 6 nitrogen and oxygen atoms in total. The number of alkyl halides is 6. The van der Waals surface area contributed by atoms with Gasteiger partial charge in [-0.3, -0.25) is 0 Å². The van der Waals surface area contributed by atoms with Gasteiger partial charge in [0.15, 0.2) is 20.0 Å². The lowest BCUT2D eigenvalue weighted by Gasteiger charge is -2.23. The second-order valence-electron chi connectivity index (χ2n) is 5.64. The highest BCUT2D eigenvalue weighted by atomic mass is 32.3. The quantitative estimate of drug-likeness (QED) is 0.383. The van der Waals surface area contributed by atoms with Gasteiger partial charge in [-0.15, -0.1) is 0 Å². The van der Waals surface area contributed by atoms with E-state index in [-0.39, 0.29) is 0 Å². The van der Waals surface area contributed by atoms with Crippen molar-refractivity contribution >= 4 is 20.0 Å². The van der Waals surface area contributed by atoms with Crippen LogP contribution in [0.25, 0.3) is 4.13 Å². The first-order chi connectivity index (χ1) is 10.3. The molecule has 0 amide bonds. The van der Waals surface area contributed by atoms with E-state index in [0.717, 1.165) is 8.61 Å². The predicted molar refractivity (Wildman–Crippen MR) is 75.7 cm³/mol. The van der Waals surface area contributed by atoms with Crippen LogP contribution >= 0.6 is 0 Å². The van der Waals surface area contributed by atoms with E-state index >= 15 is 0 Å². The molecule has 0 fully saturated rings. The van der Waals surface area contributed by atoms with Crippen molar-refractivity contribution in [2.24, 2.45) is 0 Å². The van der Waals surface area contributed by atoms with Crippen LogP contribution in [0.15, 0.2) is 0 Å². The van der Waals surface area contributed by atoms with Gasteiger partial charge in [0.05, 0.1) is 27.7 Å². The molecule has 0 N–H and O–H groups in total. The lowest BCUT2D eigenvalue weighted by Crippen LogP contribution is -2.35. The first kappa shape index (κ1) is 25.6. The van der Waals surface area contributed by atoms with Gasteiger partial charge in [-0.2, -0.15) is 26.3 Å². The highest BCUT2D eigenvalue weighted by molar-refractivity contribution is 8.13. The van der Waals surface area contributed by atoms with Crippen molar-refractivity contribution < 1.29 is 47.7 Å². The Kier molecular flexibility index (Phi) is 9.26. The van der Waals surface area contributed by atoms with E-state index in [1.165, 1.54) is 25.8 Å². The van der Waals surface area contributed by atoms with Crippen LogP contribution in [0.5, 0.6) is 0 Å². The van der Waals surface area contributed by atoms with E-state index in [4.69, 9.17) is 0 Å². The molecule has 0 aliphatic carbocycles. The Hall–Kier alpha value is -0.600. The van der Waals surface area contributed by atoms with Gasteiger partial charge in [-0.25, -0.2) is 16.8 Å². The maximum absolute atomic E-state index is 11.4. The lowest BCUT2D eigenvalue weighted by atomic mass is 10.2.